The van der Waals surface area contributed by atoms with Gasteiger partial charge in [-0.25, -0.2) is 8.42 Å². The molecule has 1 aromatic heterocycles. The van der Waals surface area contributed by atoms with Crippen LogP contribution in [0.25, 0.3) is 10.9 Å². The van der Waals surface area contributed by atoms with Crippen LogP contribution in [-0.4, -0.2) is 68.7 Å². The molecule has 2 saturated heterocycles. The standard InChI is InChI=1S/C27H30F3N3O5S/c1-37-19-2-5-21(6-3-19)39(35,36)25-16-32-23-7-4-20(38-27(28,29)30)15-22(23)26(25)24-14-18(34)10-13-33(24)17-8-11-31-12-9-17/h2-7,15-18,24,31,34H,8-14H2,1H3. The second-order valence-corrected chi connectivity index (χ2v) is 11.8. The van der Waals surface area contributed by atoms with Gasteiger partial charge in [0, 0.05) is 30.2 Å². The number of hydrogen-bond acceptors (Lipinski definition) is 8. The minimum Gasteiger partial charge on any atom is -0.497 e. The van der Waals surface area contributed by atoms with Crippen LogP contribution in [0.5, 0.6) is 11.5 Å². The van der Waals surface area contributed by atoms with E-state index in [-0.39, 0.29) is 27.6 Å². The lowest BCUT2D eigenvalue weighted by molar-refractivity contribution is -0.274. The van der Waals surface area contributed by atoms with Crippen molar-refractivity contribution in [1.82, 2.24) is 15.2 Å². The first-order valence-electron chi connectivity index (χ1n) is 12.8. The third kappa shape index (κ3) is 5.84. The number of likely N-dealkylation sites (tertiary alicyclic amines) is 1. The SMILES string of the molecule is COc1ccc(S(=O)(=O)c2cnc3ccc(OC(F)(F)F)cc3c2C2CC(O)CCN2C2CCNCC2)cc1. The lowest BCUT2D eigenvalue weighted by atomic mass is 9.88. The lowest BCUT2D eigenvalue weighted by Gasteiger charge is -2.45. The van der Waals surface area contributed by atoms with Gasteiger partial charge in [0.15, 0.2) is 0 Å². The van der Waals surface area contributed by atoms with Gasteiger partial charge in [-0.05, 0) is 86.8 Å². The second kappa shape index (κ2) is 10.9. The maximum atomic E-state index is 14.0. The van der Waals surface area contributed by atoms with Crippen molar-refractivity contribution in [3.8, 4) is 11.5 Å². The van der Waals surface area contributed by atoms with Gasteiger partial charge >= 0.3 is 6.36 Å². The Balaban J connectivity index is 1.73. The Kier molecular flexibility index (Phi) is 7.73. The molecule has 2 aliphatic heterocycles. The second-order valence-electron chi connectivity index (χ2n) is 9.85. The molecule has 0 spiro atoms. The highest BCUT2D eigenvalue weighted by atomic mass is 32.2. The van der Waals surface area contributed by atoms with Crippen LogP contribution in [0, 0.1) is 0 Å². The summed E-state index contributed by atoms with van der Waals surface area (Å²) in [7, 11) is -2.69. The predicted octanol–water partition coefficient (Wildman–Crippen LogP) is 4.22. The Morgan fingerprint density at radius 1 is 1.05 bits per heavy atom. The normalized spacial score (nSPS) is 21.7. The van der Waals surface area contributed by atoms with Gasteiger partial charge in [-0.1, -0.05) is 0 Å². The third-order valence-electron chi connectivity index (χ3n) is 7.46. The molecule has 12 heteroatoms. The first-order chi connectivity index (χ1) is 18.6. The maximum Gasteiger partial charge on any atom is 0.573 e. The van der Waals surface area contributed by atoms with Crippen LogP contribution in [0.15, 0.2) is 58.5 Å². The van der Waals surface area contributed by atoms with Gasteiger partial charge in [-0.2, -0.15) is 0 Å². The van der Waals surface area contributed by atoms with Crippen molar-refractivity contribution in [2.45, 2.75) is 60.0 Å². The molecule has 0 radical (unpaired) electrons. The number of nitrogens with one attached hydrogen (secondary N) is 1. The van der Waals surface area contributed by atoms with Gasteiger partial charge in [0.1, 0.15) is 11.5 Å². The number of piperidine rings is 2. The summed E-state index contributed by atoms with van der Waals surface area (Å²) in [5.74, 6) is 0.00839. The molecule has 2 fully saturated rings. The van der Waals surface area contributed by atoms with E-state index >= 15 is 0 Å². The van der Waals surface area contributed by atoms with E-state index in [0.29, 0.717) is 29.8 Å². The van der Waals surface area contributed by atoms with Crippen LogP contribution in [-0.2, 0) is 9.84 Å². The minimum atomic E-state index is -4.92. The van der Waals surface area contributed by atoms with Crippen molar-refractivity contribution in [1.29, 1.82) is 0 Å². The van der Waals surface area contributed by atoms with Crippen LogP contribution in [0.4, 0.5) is 13.2 Å². The van der Waals surface area contributed by atoms with Crippen molar-refractivity contribution >= 4 is 20.7 Å². The zero-order chi connectivity index (χ0) is 27.8. The quantitative estimate of drug-likeness (QED) is 0.458. The first kappa shape index (κ1) is 27.6. The van der Waals surface area contributed by atoms with Crippen molar-refractivity contribution < 1.29 is 36.2 Å². The van der Waals surface area contributed by atoms with E-state index in [1.165, 1.54) is 49.7 Å². The summed E-state index contributed by atoms with van der Waals surface area (Å²) in [6.45, 7) is 2.13. The molecule has 39 heavy (non-hydrogen) atoms. The highest BCUT2D eigenvalue weighted by Crippen LogP contribution is 2.43. The minimum absolute atomic E-state index is 0.00169. The summed E-state index contributed by atoms with van der Waals surface area (Å²) in [6, 6.07) is 9.20. The maximum absolute atomic E-state index is 14.0. The topological polar surface area (TPSA) is 101 Å². The molecule has 0 bridgehead atoms. The van der Waals surface area contributed by atoms with Crippen molar-refractivity contribution in [2.75, 3.05) is 26.7 Å². The molecule has 2 atom stereocenters. The van der Waals surface area contributed by atoms with Gasteiger partial charge in [0.05, 0.1) is 28.5 Å². The van der Waals surface area contributed by atoms with Gasteiger partial charge in [-0.15, -0.1) is 13.2 Å². The summed E-state index contributed by atoms with van der Waals surface area (Å²) < 4.78 is 76.8. The van der Waals surface area contributed by atoms with Crippen LogP contribution >= 0.6 is 0 Å². The smallest absolute Gasteiger partial charge is 0.497 e. The largest absolute Gasteiger partial charge is 0.573 e. The monoisotopic (exact) mass is 565 g/mol. The van der Waals surface area contributed by atoms with Crippen LogP contribution in [0.2, 0.25) is 0 Å². The summed E-state index contributed by atoms with van der Waals surface area (Å²) >= 11 is 0. The lowest BCUT2D eigenvalue weighted by Crippen LogP contribution is -2.49. The number of fused-ring (bicyclic) bond motifs is 1. The molecule has 2 aliphatic rings. The van der Waals surface area contributed by atoms with E-state index in [1.54, 1.807) is 0 Å². The first-order valence-corrected chi connectivity index (χ1v) is 14.3. The summed E-state index contributed by atoms with van der Waals surface area (Å²) in [6.07, 6.45) is -1.93. The average Bonchev–Trinajstić information content (AvgIpc) is 2.92. The van der Waals surface area contributed by atoms with Gasteiger partial charge in [0.25, 0.3) is 0 Å². The highest BCUT2D eigenvalue weighted by Gasteiger charge is 2.39. The number of sulfone groups is 1. The number of pyridine rings is 1. The molecule has 210 valence electrons. The van der Waals surface area contributed by atoms with Gasteiger partial charge in [0.2, 0.25) is 9.84 Å². The fourth-order valence-corrected chi connectivity index (χ4v) is 7.11. The average molecular weight is 566 g/mol. The molecule has 3 heterocycles. The number of aliphatic hydroxyl groups excluding tert-OH is 1. The number of alkyl halides is 3. The van der Waals surface area contributed by atoms with E-state index in [1.807, 2.05) is 0 Å². The number of rotatable bonds is 6. The molecule has 0 amide bonds. The van der Waals surface area contributed by atoms with Crippen molar-refractivity contribution in [3.63, 3.8) is 0 Å². The Hall–Kier alpha value is -2.93. The van der Waals surface area contributed by atoms with Gasteiger partial charge in [-0.3, -0.25) is 9.88 Å². The fraction of sp³-hybridized carbons (Fsp3) is 0.444. The molecule has 3 aromatic rings. The molecule has 5 rings (SSSR count). The summed E-state index contributed by atoms with van der Waals surface area (Å²) in [5.41, 5.74) is 0.652. The van der Waals surface area contributed by atoms with E-state index in [9.17, 15) is 26.7 Å². The number of hydrogen-bond donors (Lipinski definition) is 2. The zero-order valence-electron chi connectivity index (χ0n) is 21.3. The molecule has 0 aliphatic carbocycles. The van der Waals surface area contributed by atoms with Gasteiger partial charge < -0.3 is 19.9 Å². The number of methoxy groups -OCH3 is 1. The number of nitrogens with zero attached hydrogens (tertiary/aromatic N) is 2. The summed E-state index contributed by atoms with van der Waals surface area (Å²) in [5, 5.41) is 14.3. The van der Waals surface area contributed by atoms with E-state index < -0.39 is 34.1 Å². The van der Waals surface area contributed by atoms with E-state index in [0.717, 1.165) is 32.0 Å². The molecular formula is C27H30F3N3O5S. The number of aromatic nitrogens is 1. The predicted molar refractivity (Wildman–Crippen MR) is 137 cm³/mol. The summed E-state index contributed by atoms with van der Waals surface area (Å²) in [4.78, 5) is 6.42. The number of benzene rings is 2. The fourth-order valence-electron chi connectivity index (χ4n) is 5.63. The van der Waals surface area contributed by atoms with Crippen LogP contribution in [0.3, 0.4) is 0 Å². The molecule has 2 unspecified atom stereocenters. The molecule has 0 saturated carbocycles. The number of halogens is 3. The molecule has 2 aromatic carbocycles. The molecular weight excluding hydrogens is 535 g/mol. The van der Waals surface area contributed by atoms with Crippen molar-refractivity contribution in [3.05, 3.63) is 54.2 Å². The number of aliphatic hydroxyl groups is 1. The van der Waals surface area contributed by atoms with Crippen LogP contribution < -0.4 is 14.8 Å². The van der Waals surface area contributed by atoms with Crippen LogP contribution in [0.1, 0.15) is 37.3 Å². The van der Waals surface area contributed by atoms with E-state index in [4.69, 9.17) is 4.74 Å². The Morgan fingerprint density at radius 3 is 2.41 bits per heavy atom. The highest BCUT2D eigenvalue weighted by molar-refractivity contribution is 7.91. The Labute approximate surface area is 224 Å². The molecule has 8 nitrogen and oxygen atoms in total. The zero-order valence-corrected chi connectivity index (χ0v) is 22.1. The molecule has 2 N–H and O–H groups in total. The Morgan fingerprint density at radius 2 is 1.74 bits per heavy atom. The van der Waals surface area contributed by atoms with Crippen molar-refractivity contribution in [2.24, 2.45) is 0 Å². The Bertz CT molecular complexity index is 1430. The van der Waals surface area contributed by atoms with E-state index in [2.05, 4.69) is 19.9 Å². The number of ether oxygens (including phenoxy) is 2. The third-order valence-corrected chi connectivity index (χ3v) is 9.26.